The lowest BCUT2D eigenvalue weighted by molar-refractivity contribution is -0.118. The number of aromatic carboxylic acids is 1. The molecule has 2 saturated carbocycles. The summed E-state index contributed by atoms with van der Waals surface area (Å²) in [5.41, 5.74) is 0.0981. The Hall–Kier alpha value is -1.91. The number of hydrogen-bond acceptors (Lipinski definition) is 2. The molecule has 2 N–H and O–H groups in total. The number of carbonyl (C=O) groups excluding carboxylic acids is 1. The number of hydrogen-bond donors (Lipinski definition) is 2. The van der Waals surface area contributed by atoms with Crippen LogP contribution in [0.4, 0.5) is 10.1 Å². The lowest BCUT2D eigenvalue weighted by Crippen LogP contribution is -2.18. The van der Waals surface area contributed by atoms with Crippen LogP contribution < -0.4 is 5.32 Å². The van der Waals surface area contributed by atoms with Crippen LogP contribution in [0.3, 0.4) is 0 Å². The minimum atomic E-state index is -1.19. The minimum absolute atomic E-state index is 0.0106. The molecule has 0 aliphatic heterocycles. The van der Waals surface area contributed by atoms with Gasteiger partial charge in [0.05, 0.1) is 11.3 Å². The minimum Gasteiger partial charge on any atom is -0.478 e. The Bertz CT molecular complexity index is 578. The van der Waals surface area contributed by atoms with E-state index < -0.39 is 11.8 Å². The molecular formula is C15H16FNO3. The molecule has 5 heteroatoms. The van der Waals surface area contributed by atoms with Gasteiger partial charge in [-0.15, -0.1) is 0 Å². The molecule has 2 fully saturated rings. The van der Waals surface area contributed by atoms with Crippen molar-refractivity contribution in [1.82, 2.24) is 0 Å². The van der Waals surface area contributed by atoms with E-state index in [1.165, 1.54) is 25.0 Å². The van der Waals surface area contributed by atoms with E-state index in [0.29, 0.717) is 0 Å². The molecule has 2 aliphatic carbocycles. The van der Waals surface area contributed by atoms with E-state index in [4.69, 9.17) is 5.11 Å². The summed E-state index contributed by atoms with van der Waals surface area (Å²) < 4.78 is 13.7. The zero-order chi connectivity index (χ0) is 14.3. The first-order chi connectivity index (χ1) is 9.52. The third-order valence-electron chi connectivity index (χ3n) is 4.58. The summed E-state index contributed by atoms with van der Waals surface area (Å²) in [6.45, 7) is 0. The maximum absolute atomic E-state index is 13.7. The van der Waals surface area contributed by atoms with Crippen molar-refractivity contribution in [2.45, 2.75) is 32.1 Å². The standard InChI is InChI=1S/C15H16FNO3/c16-11-7-9(14(19)20)3-4-12(11)17-13(18)10-8-15(10)5-1-2-6-15/h3-4,7,10H,1-2,5-6,8H2,(H,17,18)(H,19,20). The normalized spacial score (nSPS) is 22.8. The van der Waals surface area contributed by atoms with Crippen LogP contribution in [0, 0.1) is 17.2 Å². The fraction of sp³-hybridized carbons (Fsp3) is 0.467. The van der Waals surface area contributed by atoms with E-state index in [0.717, 1.165) is 25.3 Å². The van der Waals surface area contributed by atoms with Crippen LogP contribution in [0.1, 0.15) is 42.5 Å². The van der Waals surface area contributed by atoms with Gasteiger partial charge >= 0.3 is 5.97 Å². The quantitative estimate of drug-likeness (QED) is 0.892. The highest BCUT2D eigenvalue weighted by Gasteiger charge is 2.58. The molecule has 3 rings (SSSR count). The molecule has 0 bridgehead atoms. The fourth-order valence-corrected chi connectivity index (χ4v) is 3.32. The van der Waals surface area contributed by atoms with Crippen molar-refractivity contribution in [2.75, 3.05) is 5.32 Å². The lowest BCUT2D eigenvalue weighted by atomic mass is 10.0. The summed E-state index contributed by atoms with van der Waals surface area (Å²) in [5.74, 6) is -2.05. The van der Waals surface area contributed by atoms with Crippen LogP contribution in [-0.4, -0.2) is 17.0 Å². The van der Waals surface area contributed by atoms with Crippen molar-refractivity contribution < 1.29 is 19.1 Å². The van der Waals surface area contributed by atoms with Crippen molar-refractivity contribution in [2.24, 2.45) is 11.3 Å². The van der Waals surface area contributed by atoms with E-state index in [1.54, 1.807) is 0 Å². The Morgan fingerprint density at radius 3 is 2.60 bits per heavy atom. The monoisotopic (exact) mass is 277 g/mol. The maximum atomic E-state index is 13.7. The van der Waals surface area contributed by atoms with Crippen LogP contribution in [0.2, 0.25) is 0 Å². The summed E-state index contributed by atoms with van der Waals surface area (Å²) in [4.78, 5) is 22.8. The van der Waals surface area contributed by atoms with Gasteiger partial charge in [0.2, 0.25) is 5.91 Å². The van der Waals surface area contributed by atoms with Gasteiger partial charge < -0.3 is 10.4 Å². The van der Waals surface area contributed by atoms with E-state index in [-0.39, 0.29) is 28.5 Å². The third kappa shape index (κ3) is 2.17. The zero-order valence-corrected chi connectivity index (χ0v) is 11.0. The van der Waals surface area contributed by atoms with Crippen LogP contribution in [0.5, 0.6) is 0 Å². The largest absolute Gasteiger partial charge is 0.478 e. The topological polar surface area (TPSA) is 66.4 Å². The molecule has 0 saturated heterocycles. The Morgan fingerprint density at radius 1 is 1.30 bits per heavy atom. The molecule has 2 aliphatic rings. The maximum Gasteiger partial charge on any atom is 0.335 e. The van der Waals surface area contributed by atoms with E-state index in [9.17, 15) is 14.0 Å². The molecule has 0 heterocycles. The van der Waals surface area contributed by atoms with Crippen molar-refractivity contribution in [1.29, 1.82) is 0 Å². The van der Waals surface area contributed by atoms with Crippen LogP contribution in [0.25, 0.3) is 0 Å². The van der Waals surface area contributed by atoms with Gasteiger partial charge in [-0.3, -0.25) is 4.79 Å². The predicted octanol–water partition coefficient (Wildman–Crippen LogP) is 3.04. The molecule has 0 radical (unpaired) electrons. The van der Waals surface area contributed by atoms with Gasteiger partial charge in [0.25, 0.3) is 0 Å². The smallest absolute Gasteiger partial charge is 0.335 e. The first-order valence-electron chi connectivity index (χ1n) is 6.86. The number of carbonyl (C=O) groups is 2. The van der Waals surface area contributed by atoms with Crippen LogP contribution in [-0.2, 0) is 4.79 Å². The van der Waals surface area contributed by atoms with Crippen molar-refractivity contribution in [3.8, 4) is 0 Å². The van der Waals surface area contributed by atoms with Crippen molar-refractivity contribution >= 4 is 17.6 Å². The van der Waals surface area contributed by atoms with E-state index in [2.05, 4.69) is 5.32 Å². The number of nitrogens with one attached hydrogen (secondary N) is 1. The molecule has 1 amide bonds. The Kier molecular flexibility index (Phi) is 3.00. The second-order valence-corrected chi connectivity index (χ2v) is 5.82. The number of amides is 1. The summed E-state index contributed by atoms with van der Waals surface area (Å²) in [5, 5.41) is 11.3. The molecule has 1 aromatic carbocycles. The highest BCUT2D eigenvalue weighted by atomic mass is 19.1. The molecule has 4 nitrogen and oxygen atoms in total. The zero-order valence-electron chi connectivity index (χ0n) is 11.0. The molecule has 1 spiro atoms. The molecule has 106 valence electrons. The second-order valence-electron chi connectivity index (χ2n) is 5.82. The number of carboxylic acids is 1. The highest BCUT2D eigenvalue weighted by molar-refractivity contribution is 5.96. The van der Waals surface area contributed by atoms with Gasteiger partial charge in [-0.25, -0.2) is 9.18 Å². The highest BCUT2D eigenvalue weighted by Crippen LogP contribution is 2.63. The molecular weight excluding hydrogens is 261 g/mol. The van der Waals surface area contributed by atoms with Crippen LogP contribution in [0.15, 0.2) is 18.2 Å². The Morgan fingerprint density at radius 2 is 2.00 bits per heavy atom. The Labute approximate surface area is 116 Å². The molecule has 1 aromatic rings. The molecule has 20 heavy (non-hydrogen) atoms. The predicted molar refractivity (Wildman–Crippen MR) is 71.0 cm³/mol. The van der Waals surface area contributed by atoms with Crippen molar-refractivity contribution in [3.63, 3.8) is 0 Å². The third-order valence-corrected chi connectivity index (χ3v) is 4.58. The summed E-state index contributed by atoms with van der Waals surface area (Å²) in [6, 6.07) is 3.52. The number of anilines is 1. The number of rotatable bonds is 3. The van der Waals surface area contributed by atoms with E-state index in [1.807, 2.05) is 0 Å². The van der Waals surface area contributed by atoms with E-state index >= 15 is 0 Å². The fourth-order valence-electron chi connectivity index (χ4n) is 3.32. The first-order valence-corrected chi connectivity index (χ1v) is 6.86. The number of halogens is 1. The van der Waals surface area contributed by atoms with Gasteiger partial charge in [-0.1, -0.05) is 12.8 Å². The average Bonchev–Trinajstić information content (AvgIpc) is 2.90. The summed E-state index contributed by atoms with van der Waals surface area (Å²) >= 11 is 0. The van der Waals surface area contributed by atoms with Gasteiger partial charge in [0, 0.05) is 5.92 Å². The second kappa shape index (κ2) is 4.58. The lowest BCUT2D eigenvalue weighted by Gasteiger charge is -2.10. The summed E-state index contributed by atoms with van der Waals surface area (Å²) in [6.07, 6.45) is 5.42. The number of benzene rings is 1. The number of carboxylic acid groups (broad SMARTS) is 1. The Balaban J connectivity index is 1.69. The van der Waals surface area contributed by atoms with Gasteiger partial charge in [-0.2, -0.15) is 0 Å². The SMILES string of the molecule is O=C(O)c1ccc(NC(=O)C2CC23CCCC3)c(F)c1. The van der Waals surface area contributed by atoms with Gasteiger partial charge in [-0.05, 0) is 42.9 Å². The van der Waals surface area contributed by atoms with Crippen LogP contribution >= 0.6 is 0 Å². The summed E-state index contributed by atoms with van der Waals surface area (Å²) in [7, 11) is 0. The first kappa shape index (κ1) is 13.1. The van der Waals surface area contributed by atoms with Gasteiger partial charge in [0.15, 0.2) is 0 Å². The van der Waals surface area contributed by atoms with Gasteiger partial charge in [0.1, 0.15) is 5.82 Å². The average molecular weight is 277 g/mol. The molecule has 1 unspecified atom stereocenters. The molecule has 0 aromatic heterocycles. The molecule has 1 atom stereocenters. The van der Waals surface area contributed by atoms with Crippen molar-refractivity contribution in [3.05, 3.63) is 29.6 Å².